The van der Waals surface area contributed by atoms with E-state index < -0.39 is 0 Å². The topological polar surface area (TPSA) is 62.8 Å². The number of nitrogens with zero attached hydrogens (tertiary/aromatic N) is 3. The van der Waals surface area contributed by atoms with Crippen molar-refractivity contribution < 1.29 is 9.21 Å². The van der Waals surface area contributed by atoms with Gasteiger partial charge in [-0.15, -0.1) is 0 Å². The zero-order chi connectivity index (χ0) is 21.2. The molecular formula is C24H23ClN4O2. The molecule has 1 aromatic carbocycles. The molecule has 1 aliphatic rings. The number of fused-ring (bicyclic) bond motifs is 1. The van der Waals surface area contributed by atoms with Crippen LogP contribution in [0.4, 0.5) is 0 Å². The van der Waals surface area contributed by atoms with E-state index in [2.05, 4.69) is 10.2 Å². The van der Waals surface area contributed by atoms with E-state index in [1.54, 1.807) is 6.26 Å². The van der Waals surface area contributed by atoms with Gasteiger partial charge in [0.1, 0.15) is 11.4 Å². The Balaban J connectivity index is 1.32. The highest BCUT2D eigenvalue weighted by Gasteiger charge is 2.23. The molecular weight excluding hydrogens is 412 g/mol. The molecule has 158 valence electrons. The summed E-state index contributed by atoms with van der Waals surface area (Å²) in [4.78, 5) is 19.2. The number of hydrogen-bond acceptors (Lipinski definition) is 4. The first kappa shape index (κ1) is 19.8. The molecule has 1 N–H and O–H groups in total. The summed E-state index contributed by atoms with van der Waals surface area (Å²) in [5.74, 6) is 0.900. The van der Waals surface area contributed by atoms with E-state index in [9.17, 15) is 4.79 Å². The maximum atomic E-state index is 12.2. The summed E-state index contributed by atoms with van der Waals surface area (Å²) in [5, 5.41) is 3.70. The Morgan fingerprint density at radius 2 is 1.94 bits per heavy atom. The number of carbonyl (C=O) groups excluding carboxylic acids is 1. The largest absolute Gasteiger partial charge is 0.468 e. The fraction of sp³-hybridized carbons (Fsp3) is 0.250. The van der Waals surface area contributed by atoms with Crippen molar-refractivity contribution in [1.29, 1.82) is 0 Å². The lowest BCUT2D eigenvalue weighted by Gasteiger charge is -2.20. The molecule has 3 heterocycles. The Hall–Kier alpha value is -3.09. The van der Waals surface area contributed by atoms with Gasteiger partial charge in [-0.05, 0) is 54.8 Å². The standard InChI is InChI=1S/C24H23ClN4O2/c25-19-7-10-23-26-21(15-29(23)13-19)14-28(16-22-2-1-11-31-22)12-17-3-5-18(6-4-17)24(30)27-20-8-9-20/h1-7,10-11,13,15,20H,8-9,12,14,16H2,(H,27,30). The predicted molar refractivity (Wildman–Crippen MR) is 119 cm³/mol. The van der Waals surface area contributed by atoms with Crippen molar-refractivity contribution in [3.63, 3.8) is 0 Å². The minimum Gasteiger partial charge on any atom is -0.468 e. The summed E-state index contributed by atoms with van der Waals surface area (Å²) in [6.07, 6.45) is 7.71. The van der Waals surface area contributed by atoms with E-state index in [0.717, 1.165) is 35.5 Å². The van der Waals surface area contributed by atoms with Crippen LogP contribution in [0.25, 0.3) is 5.65 Å². The number of nitrogens with one attached hydrogen (secondary N) is 1. The summed E-state index contributed by atoms with van der Waals surface area (Å²) in [7, 11) is 0. The van der Waals surface area contributed by atoms with Gasteiger partial charge < -0.3 is 14.1 Å². The highest BCUT2D eigenvalue weighted by molar-refractivity contribution is 6.30. The van der Waals surface area contributed by atoms with Crippen molar-refractivity contribution in [2.24, 2.45) is 0 Å². The minimum atomic E-state index is 0.00449. The van der Waals surface area contributed by atoms with Gasteiger partial charge >= 0.3 is 0 Å². The van der Waals surface area contributed by atoms with Gasteiger partial charge in [0.15, 0.2) is 0 Å². The molecule has 0 radical (unpaired) electrons. The van der Waals surface area contributed by atoms with Gasteiger partial charge in [-0.25, -0.2) is 4.98 Å². The number of pyridine rings is 1. The second kappa shape index (κ2) is 8.57. The highest BCUT2D eigenvalue weighted by atomic mass is 35.5. The van der Waals surface area contributed by atoms with Gasteiger partial charge in [0.25, 0.3) is 5.91 Å². The van der Waals surface area contributed by atoms with E-state index in [0.29, 0.717) is 36.3 Å². The molecule has 31 heavy (non-hydrogen) atoms. The van der Waals surface area contributed by atoms with Crippen LogP contribution in [0.2, 0.25) is 5.02 Å². The van der Waals surface area contributed by atoms with E-state index in [1.807, 2.05) is 65.3 Å². The Morgan fingerprint density at radius 3 is 2.68 bits per heavy atom. The van der Waals surface area contributed by atoms with Gasteiger partial charge in [0, 0.05) is 37.1 Å². The first-order chi connectivity index (χ1) is 15.1. The second-order valence-corrected chi connectivity index (χ2v) is 8.45. The van der Waals surface area contributed by atoms with Crippen LogP contribution >= 0.6 is 11.6 Å². The summed E-state index contributed by atoms with van der Waals surface area (Å²) in [6.45, 7) is 2.02. The molecule has 4 aromatic rings. The van der Waals surface area contributed by atoms with Crippen molar-refractivity contribution in [2.75, 3.05) is 0 Å². The van der Waals surface area contributed by atoms with Crippen LogP contribution in [0, 0.1) is 0 Å². The number of hydrogen-bond donors (Lipinski definition) is 1. The smallest absolute Gasteiger partial charge is 0.251 e. The van der Waals surface area contributed by atoms with Crippen molar-refractivity contribution >= 4 is 23.2 Å². The van der Waals surface area contributed by atoms with Crippen LogP contribution in [0.1, 0.15) is 40.2 Å². The average Bonchev–Trinajstić information content (AvgIpc) is 3.25. The fourth-order valence-electron chi connectivity index (χ4n) is 3.63. The highest BCUT2D eigenvalue weighted by Crippen LogP contribution is 2.20. The maximum Gasteiger partial charge on any atom is 0.251 e. The number of imidazole rings is 1. The van der Waals surface area contributed by atoms with Crippen LogP contribution in [-0.2, 0) is 19.6 Å². The van der Waals surface area contributed by atoms with Crippen molar-refractivity contribution in [3.05, 3.63) is 94.8 Å². The molecule has 7 heteroatoms. The van der Waals surface area contributed by atoms with E-state index >= 15 is 0 Å². The number of halogens is 1. The Morgan fingerprint density at radius 1 is 1.10 bits per heavy atom. The third-order valence-electron chi connectivity index (χ3n) is 5.34. The molecule has 0 spiro atoms. The van der Waals surface area contributed by atoms with Crippen LogP contribution < -0.4 is 5.32 Å². The van der Waals surface area contributed by atoms with Gasteiger partial charge in [-0.2, -0.15) is 0 Å². The number of benzene rings is 1. The summed E-state index contributed by atoms with van der Waals surface area (Å²) >= 11 is 6.10. The van der Waals surface area contributed by atoms with Crippen LogP contribution in [0.3, 0.4) is 0 Å². The number of aromatic nitrogens is 2. The van der Waals surface area contributed by atoms with Crippen molar-refractivity contribution in [2.45, 2.75) is 38.5 Å². The third kappa shape index (κ3) is 4.98. The maximum absolute atomic E-state index is 12.2. The molecule has 1 saturated carbocycles. The Kier molecular flexibility index (Phi) is 5.49. The van der Waals surface area contributed by atoms with Gasteiger partial charge in [0.2, 0.25) is 0 Å². The molecule has 5 rings (SSSR count). The SMILES string of the molecule is O=C(NC1CC1)c1ccc(CN(Cc2cn3cc(Cl)ccc3n2)Cc2ccco2)cc1. The molecule has 0 aliphatic heterocycles. The van der Waals surface area contributed by atoms with Crippen LogP contribution in [0.5, 0.6) is 0 Å². The molecule has 3 aromatic heterocycles. The van der Waals surface area contributed by atoms with Gasteiger partial charge in [-0.1, -0.05) is 23.7 Å². The first-order valence-corrected chi connectivity index (χ1v) is 10.8. The molecule has 1 amide bonds. The van der Waals surface area contributed by atoms with Gasteiger partial charge in [-0.3, -0.25) is 9.69 Å². The molecule has 0 unspecified atom stereocenters. The van der Waals surface area contributed by atoms with Crippen LogP contribution in [-0.4, -0.2) is 26.2 Å². The van der Waals surface area contributed by atoms with Gasteiger partial charge in [0.05, 0.1) is 23.5 Å². The first-order valence-electron chi connectivity index (χ1n) is 10.4. The lowest BCUT2D eigenvalue weighted by molar-refractivity contribution is 0.0951. The zero-order valence-corrected chi connectivity index (χ0v) is 17.8. The fourth-order valence-corrected chi connectivity index (χ4v) is 3.80. The zero-order valence-electron chi connectivity index (χ0n) is 17.0. The summed E-state index contributed by atoms with van der Waals surface area (Å²) < 4.78 is 7.51. The predicted octanol–water partition coefficient (Wildman–Crippen LogP) is 4.68. The van der Waals surface area contributed by atoms with E-state index in [-0.39, 0.29) is 5.91 Å². The number of carbonyl (C=O) groups is 1. The average molecular weight is 435 g/mol. The number of rotatable bonds is 8. The van der Waals surface area contributed by atoms with Crippen molar-refractivity contribution in [1.82, 2.24) is 19.6 Å². The Labute approximate surface area is 185 Å². The molecule has 0 bridgehead atoms. The number of amides is 1. The quantitative estimate of drug-likeness (QED) is 0.437. The molecule has 1 fully saturated rings. The molecule has 1 aliphatic carbocycles. The summed E-state index contributed by atoms with van der Waals surface area (Å²) in [5.41, 5.74) is 3.64. The lowest BCUT2D eigenvalue weighted by Crippen LogP contribution is -2.25. The monoisotopic (exact) mass is 434 g/mol. The normalized spacial score (nSPS) is 13.7. The third-order valence-corrected chi connectivity index (χ3v) is 5.57. The Bertz CT molecular complexity index is 1180. The lowest BCUT2D eigenvalue weighted by atomic mass is 10.1. The summed E-state index contributed by atoms with van der Waals surface area (Å²) in [6, 6.07) is 15.8. The minimum absolute atomic E-state index is 0.00449. The molecule has 6 nitrogen and oxygen atoms in total. The van der Waals surface area contributed by atoms with E-state index in [4.69, 9.17) is 21.0 Å². The molecule has 0 atom stereocenters. The van der Waals surface area contributed by atoms with E-state index in [1.165, 1.54) is 0 Å². The van der Waals surface area contributed by atoms with Crippen LogP contribution in [0.15, 0.2) is 71.6 Å². The molecule has 0 saturated heterocycles. The number of furan rings is 1. The van der Waals surface area contributed by atoms with Crippen molar-refractivity contribution in [3.8, 4) is 0 Å². The second-order valence-electron chi connectivity index (χ2n) is 8.01.